The summed E-state index contributed by atoms with van der Waals surface area (Å²) in [4.78, 5) is 11.7. The maximum Gasteiger partial charge on any atom is 0.333 e. The molecule has 0 aliphatic heterocycles. The minimum atomic E-state index is -0.184. The van der Waals surface area contributed by atoms with Crippen molar-refractivity contribution in [2.24, 2.45) is 0 Å². The largest absolute Gasteiger partial charge is 0.462 e. The van der Waals surface area contributed by atoms with E-state index in [2.05, 4.69) is 13.8 Å². The Kier molecular flexibility index (Phi) is 5.98. The van der Waals surface area contributed by atoms with Gasteiger partial charge in [0.05, 0.1) is 6.61 Å². The lowest BCUT2D eigenvalue weighted by Gasteiger charge is -2.16. The first kappa shape index (κ1) is 14.0. The molecule has 3 nitrogen and oxygen atoms in total. The lowest BCUT2D eigenvalue weighted by molar-refractivity contribution is -0.139. The van der Waals surface area contributed by atoms with Crippen molar-refractivity contribution >= 4 is 5.97 Å². The summed E-state index contributed by atoms with van der Waals surface area (Å²) in [5.74, 6) is -0.184. The van der Waals surface area contributed by atoms with Crippen molar-refractivity contribution < 1.29 is 14.6 Å². The maximum atomic E-state index is 11.7. The van der Waals surface area contributed by atoms with Crippen LogP contribution in [0.25, 0.3) is 0 Å². The number of allylic oxidation sites excluding steroid dienone is 3. The summed E-state index contributed by atoms with van der Waals surface area (Å²) in [7, 11) is 0. The van der Waals surface area contributed by atoms with Gasteiger partial charge in [0.2, 0.25) is 0 Å². The predicted octanol–water partition coefficient (Wildman–Crippen LogP) is 2.75. The third kappa shape index (κ3) is 4.73. The van der Waals surface area contributed by atoms with Gasteiger partial charge in [-0.05, 0) is 46.0 Å². The van der Waals surface area contributed by atoms with Crippen LogP contribution in [0.4, 0.5) is 0 Å². The van der Waals surface area contributed by atoms with Crippen LogP contribution in [-0.2, 0) is 9.53 Å². The number of carbonyl (C=O) groups excluding carboxylic acids is 1. The molecular weight excluding hydrogens is 216 g/mol. The average molecular weight is 238 g/mol. The minimum absolute atomic E-state index is 0.157. The van der Waals surface area contributed by atoms with Crippen LogP contribution in [0.15, 0.2) is 22.8 Å². The number of carbonyl (C=O) groups is 1. The van der Waals surface area contributed by atoms with Crippen LogP contribution in [0.2, 0.25) is 0 Å². The number of hydrogen-bond acceptors (Lipinski definition) is 3. The van der Waals surface area contributed by atoms with Crippen molar-refractivity contribution in [3.8, 4) is 0 Å². The highest BCUT2D eigenvalue weighted by Crippen LogP contribution is 2.25. The van der Waals surface area contributed by atoms with E-state index in [-0.39, 0.29) is 12.6 Å². The van der Waals surface area contributed by atoms with E-state index in [0.717, 1.165) is 31.3 Å². The van der Waals surface area contributed by atoms with Gasteiger partial charge in [-0.2, -0.15) is 0 Å². The quantitative estimate of drug-likeness (QED) is 0.455. The van der Waals surface area contributed by atoms with E-state index in [4.69, 9.17) is 9.84 Å². The van der Waals surface area contributed by atoms with Crippen LogP contribution in [0.3, 0.4) is 0 Å². The van der Waals surface area contributed by atoms with Crippen LogP contribution in [0.5, 0.6) is 0 Å². The summed E-state index contributed by atoms with van der Waals surface area (Å²) in [5.41, 5.74) is 3.59. The smallest absolute Gasteiger partial charge is 0.333 e. The molecule has 96 valence electrons. The first-order valence-electron chi connectivity index (χ1n) is 6.27. The molecule has 0 unspecified atom stereocenters. The van der Waals surface area contributed by atoms with Crippen molar-refractivity contribution in [3.63, 3.8) is 0 Å². The zero-order valence-corrected chi connectivity index (χ0v) is 10.8. The number of aliphatic hydroxyl groups is 1. The summed E-state index contributed by atoms with van der Waals surface area (Å²) >= 11 is 0. The molecule has 0 atom stereocenters. The molecule has 0 aromatic heterocycles. The molecule has 1 aliphatic carbocycles. The second-order valence-corrected chi connectivity index (χ2v) is 4.60. The van der Waals surface area contributed by atoms with Crippen molar-refractivity contribution in [2.45, 2.75) is 46.0 Å². The summed E-state index contributed by atoms with van der Waals surface area (Å²) < 4.78 is 5.14. The summed E-state index contributed by atoms with van der Waals surface area (Å²) in [5, 5.41) is 8.60. The zero-order chi connectivity index (χ0) is 12.7. The van der Waals surface area contributed by atoms with Crippen molar-refractivity contribution in [1.82, 2.24) is 0 Å². The Balaban J connectivity index is 2.37. The normalized spacial score (nSPS) is 15.5. The SMILES string of the molecule is CC(C)=C1CC=C(C(=O)OCCCCO)CC1. The molecule has 0 saturated carbocycles. The van der Waals surface area contributed by atoms with E-state index in [1.807, 2.05) is 6.08 Å². The highest BCUT2D eigenvalue weighted by molar-refractivity contribution is 5.88. The van der Waals surface area contributed by atoms with Crippen LogP contribution >= 0.6 is 0 Å². The van der Waals surface area contributed by atoms with Crippen LogP contribution < -0.4 is 0 Å². The molecule has 1 rings (SSSR count). The van der Waals surface area contributed by atoms with Gasteiger partial charge in [-0.25, -0.2) is 4.79 Å². The molecule has 3 heteroatoms. The lowest BCUT2D eigenvalue weighted by Crippen LogP contribution is -2.12. The van der Waals surface area contributed by atoms with E-state index in [1.54, 1.807) is 0 Å². The Labute approximate surface area is 103 Å². The van der Waals surface area contributed by atoms with E-state index < -0.39 is 0 Å². The molecule has 0 aromatic carbocycles. The standard InChI is InChI=1S/C14H22O3/c1-11(2)12-5-7-13(8-6-12)14(16)17-10-4-3-9-15/h7,15H,3-6,8-10H2,1-2H3. The Morgan fingerprint density at radius 2 is 2.12 bits per heavy atom. The Bertz CT molecular complexity index is 322. The number of unbranched alkanes of at least 4 members (excludes halogenated alkanes) is 1. The third-order valence-corrected chi connectivity index (χ3v) is 3.05. The van der Waals surface area contributed by atoms with Crippen molar-refractivity contribution in [3.05, 3.63) is 22.8 Å². The van der Waals surface area contributed by atoms with E-state index in [1.165, 1.54) is 11.1 Å². The fraction of sp³-hybridized carbons (Fsp3) is 0.643. The molecule has 0 fully saturated rings. The second-order valence-electron chi connectivity index (χ2n) is 4.60. The monoisotopic (exact) mass is 238 g/mol. The molecule has 0 saturated heterocycles. The average Bonchev–Trinajstić information content (AvgIpc) is 2.34. The molecule has 0 bridgehead atoms. The molecule has 0 heterocycles. The fourth-order valence-corrected chi connectivity index (χ4v) is 1.85. The van der Waals surface area contributed by atoms with Crippen molar-refractivity contribution in [1.29, 1.82) is 0 Å². The topological polar surface area (TPSA) is 46.5 Å². The summed E-state index contributed by atoms with van der Waals surface area (Å²) in [6, 6.07) is 0. The van der Waals surface area contributed by atoms with Gasteiger partial charge < -0.3 is 9.84 Å². The predicted molar refractivity (Wildman–Crippen MR) is 67.6 cm³/mol. The first-order valence-corrected chi connectivity index (χ1v) is 6.27. The van der Waals surface area contributed by atoms with Gasteiger partial charge >= 0.3 is 5.97 Å². The number of hydrogen-bond donors (Lipinski definition) is 1. The molecule has 1 N–H and O–H groups in total. The Hall–Kier alpha value is -1.09. The first-order chi connectivity index (χ1) is 8.15. The molecule has 0 aromatic rings. The molecule has 17 heavy (non-hydrogen) atoms. The highest BCUT2D eigenvalue weighted by atomic mass is 16.5. The van der Waals surface area contributed by atoms with Gasteiger partial charge in [-0.3, -0.25) is 0 Å². The van der Waals surface area contributed by atoms with Gasteiger partial charge in [0, 0.05) is 12.2 Å². The molecule has 0 radical (unpaired) electrons. The number of aliphatic hydroxyl groups excluding tert-OH is 1. The zero-order valence-electron chi connectivity index (χ0n) is 10.8. The molecular formula is C14H22O3. The van der Waals surface area contributed by atoms with Crippen molar-refractivity contribution in [2.75, 3.05) is 13.2 Å². The number of ether oxygens (including phenoxy) is 1. The second kappa shape index (κ2) is 7.28. The fourth-order valence-electron chi connectivity index (χ4n) is 1.85. The van der Waals surface area contributed by atoms with E-state index in [9.17, 15) is 4.79 Å². The minimum Gasteiger partial charge on any atom is -0.462 e. The molecule has 0 amide bonds. The summed E-state index contributed by atoms with van der Waals surface area (Å²) in [6.45, 7) is 4.79. The van der Waals surface area contributed by atoms with Gasteiger partial charge in [0.15, 0.2) is 0 Å². The van der Waals surface area contributed by atoms with E-state index >= 15 is 0 Å². The van der Waals surface area contributed by atoms with Gasteiger partial charge in [-0.1, -0.05) is 17.2 Å². The number of esters is 1. The molecule has 1 aliphatic rings. The number of rotatable bonds is 5. The van der Waals surface area contributed by atoms with Crippen LogP contribution in [0.1, 0.15) is 46.0 Å². The highest BCUT2D eigenvalue weighted by Gasteiger charge is 2.16. The third-order valence-electron chi connectivity index (χ3n) is 3.05. The Morgan fingerprint density at radius 1 is 1.35 bits per heavy atom. The van der Waals surface area contributed by atoms with Crippen LogP contribution in [0, 0.1) is 0 Å². The van der Waals surface area contributed by atoms with Gasteiger partial charge in [0.1, 0.15) is 0 Å². The van der Waals surface area contributed by atoms with Gasteiger partial charge in [0.25, 0.3) is 0 Å². The van der Waals surface area contributed by atoms with Crippen LogP contribution in [-0.4, -0.2) is 24.3 Å². The van der Waals surface area contributed by atoms with E-state index in [0.29, 0.717) is 13.0 Å². The maximum absolute atomic E-state index is 11.7. The lowest BCUT2D eigenvalue weighted by atomic mass is 9.92. The molecule has 0 spiro atoms. The van der Waals surface area contributed by atoms with Gasteiger partial charge in [-0.15, -0.1) is 0 Å². The Morgan fingerprint density at radius 3 is 2.65 bits per heavy atom. The summed E-state index contributed by atoms with van der Waals surface area (Å²) in [6.07, 6.45) is 6.05.